The van der Waals surface area contributed by atoms with E-state index in [1.54, 1.807) is 18.4 Å². The summed E-state index contributed by atoms with van der Waals surface area (Å²) in [7, 11) is -2.28. The molecule has 168 valence electrons. The fourth-order valence-corrected chi connectivity index (χ4v) is 6.02. The Morgan fingerprint density at radius 1 is 1.13 bits per heavy atom. The average Bonchev–Trinajstić information content (AvgIpc) is 3.57. The second kappa shape index (κ2) is 9.42. The molecule has 2 saturated heterocycles. The smallest absolute Gasteiger partial charge is 0.251 e. The summed E-state index contributed by atoms with van der Waals surface area (Å²) in [5.74, 6) is 0.736. The quantitative estimate of drug-likeness (QED) is 0.669. The first kappa shape index (κ1) is 21.9. The number of sulfonamides is 1. The van der Waals surface area contributed by atoms with E-state index in [1.807, 2.05) is 12.1 Å². The Bertz CT molecular complexity index is 994. The second-order valence-electron chi connectivity index (χ2n) is 7.96. The molecular formula is C22H29N3O5S. The van der Waals surface area contributed by atoms with E-state index in [1.165, 1.54) is 17.5 Å². The SMILES string of the molecule is COc1ccc(C(=O)NCC(c2ccco2)N2CCCC2)cc1S(=O)(=O)N1CCCC1. The number of carbonyl (C=O) groups excluding carboxylic acids is 1. The molecule has 0 aliphatic carbocycles. The van der Waals surface area contributed by atoms with Crippen LogP contribution in [-0.2, 0) is 10.0 Å². The number of benzene rings is 1. The maximum Gasteiger partial charge on any atom is 0.251 e. The van der Waals surface area contributed by atoms with Gasteiger partial charge >= 0.3 is 0 Å². The van der Waals surface area contributed by atoms with E-state index in [9.17, 15) is 13.2 Å². The molecule has 3 heterocycles. The Kier molecular flexibility index (Phi) is 6.64. The molecule has 0 saturated carbocycles. The standard InChI is InChI=1S/C22H29N3O5S/c1-29-20-9-8-17(15-21(20)31(27,28)25-12-4-5-13-25)22(26)23-16-18(19-7-6-14-30-19)24-10-2-3-11-24/h6-9,14-15,18H,2-5,10-13,16H2,1H3,(H,23,26). The van der Waals surface area contributed by atoms with Gasteiger partial charge in [0.1, 0.15) is 16.4 Å². The average molecular weight is 448 g/mol. The van der Waals surface area contributed by atoms with Crippen LogP contribution in [0.15, 0.2) is 45.9 Å². The van der Waals surface area contributed by atoms with Gasteiger partial charge in [0.25, 0.3) is 5.91 Å². The molecule has 0 bridgehead atoms. The number of carbonyl (C=O) groups is 1. The zero-order chi connectivity index (χ0) is 21.8. The summed E-state index contributed by atoms with van der Waals surface area (Å²) >= 11 is 0. The Hall–Kier alpha value is -2.36. The highest BCUT2D eigenvalue weighted by molar-refractivity contribution is 7.89. The monoisotopic (exact) mass is 447 g/mol. The molecule has 0 radical (unpaired) electrons. The second-order valence-corrected chi connectivity index (χ2v) is 9.87. The summed E-state index contributed by atoms with van der Waals surface area (Å²) < 4.78 is 38.5. The van der Waals surface area contributed by atoms with Crippen LogP contribution in [0.3, 0.4) is 0 Å². The highest BCUT2D eigenvalue weighted by Crippen LogP contribution is 2.30. The molecule has 2 aliphatic rings. The van der Waals surface area contributed by atoms with Crippen LogP contribution in [0.1, 0.15) is 47.8 Å². The number of methoxy groups -OCH3 is 1. The minimum atomic E-state index is -3.71. The fourth-order valence-electron chi connectivity index (χ4n) is 4.32. The lowest BCUT2D eigenvalue weighted by Gasteiger charge is -2.26. The number of nitrogens with zero attached hydrogens (tertiary/aromatic N) is 2. The number of rotatable bonds is 8. The number of furan rings is 1. The van der Waals surface area contributed by atoms with Crippen molar-refractivity contribution < 1.29 is 22.4 Å². The van der Waals surface area contributed by atoms with Crippen LogP contribution in [-0.4, -0.2) is 63.4 Å². The van der Waals surface area contributed by atoms with Gasteiger partial charge in [-0.25, -0.2) is 8.42 Å². The van der Waals surface area contributed by atoms with Crippen molar-refractivity contribution in [2.24, 2.45) is 0 Å². The lowest BCUT2D eigenvalue weighted by Crippen LogP contribution is -2.36. The van der Waals surface area contributed by atoms with Gasteiger partial charge in [0.05, 0.1) is 19.4 Å². The maximum absolute atomic E-state index is 13.1. The minimum absolute atomic E-state index is 0.0340. The number of nitrogens with one attached hydrogen (secondary N) is 1. The van der Waals surface area contributed by atoms with Gasteiger partial charge in [0, 0.05) is 25.2 Å². The summed E-state index contributed by atoms with van der Waals surface area (Å²) in [6.07, 6.45) is 5.57. The predicted octanol–water partition coefficient (Wildman–Crippen LogP) is 2.64. The lowest BCUT2D eigenvalue weighted by atomic mass is 10.1. The van der Waals surface area contributed by atoms with Crippen molar-refractivity contribution in [2.75, 3.05) is 39.8 Å². The van der Waals surface area contributed by atoms with Crippen molar-refractivity contribution in [3.05, 3.63) is 47.9 Å². The van der Waals surface area contributed by atoms with Crippen molar-refractivity contribution in [3.63, 3.8) is 0 Å². The number of hydrogen-bond donors (Lipinski definition) is 1. The van der Waals surface area contributed by atoms with Crippen molar-refractivity contribution in [3.8, 4) is 5.75 Å². The van der Waals surface area contributed by atoms with Crippen LogP contribution in [0, 0.1) is 0 Å². The van der Waals surface area contributed by atoms with Gasteiger partial charge in [-0.3, -0.25) is 9.69 Å². The van der Waals surface area contributed by atoms with E-state index in [-0.39, 0.29) is 28.2 Å². The zero-order valence-corrected chi connectivity index (χ0v) is 18.6. The van der Waals surface area contributed by atoms with Crippen molar-refractivity contribution in [2.45, 2.75) is 36.6 Å². The summed E-state index contributed by atoms with van der Waals surface area (Å²) in [6, 6.07) is 8.27. The molecule has 31 heavy (non-hydrogen) atoms. The Balaban J connectivity index is 1.53. The Morgan fingerprint density at radius 2 is 1.84 bits per heavy atom. The molecular weight excluding hydrogens is 418 g/mol. The van der Waals surface area contributed by atoms with E-state index >= 15 is 0 Å². The molecule has 2 aromatic rings. The van der Waals surface area contributed by atoms with Crippen molar-refractivity contribution in [1.82, 2.24) is 14.5 Å². The highest BCUT2D eigenvalue weighted by Gasteiger charge is 2.31. The van der Waals surface area contributed by atoms with Crippen molar-refractivity contribution in [1.29, 1.82) is 0 Å². The number of ether oxygens (including phenoxy) is 1. The molecule has 1 aromatic carbocycles. The maximum atomic E-state index is 13.1. The van der Waals surface area contributed by atoms with Gasteiger partial charge in [-0.05, 0) is 69.1 Å². The van der Waals surface area contributed by atoms with Gasteiger partial charge in [0.15, 0.2) is 0 Å². The number of amides is 1. The normalized spacial score (nSPS) is 18.9. The first-order valence-corrected chi connectivity index (χ1v) is 12.2. The summed E-state index contributed by atoms with van der Waals surface area (Å²) in [5, 5.41) is 2.96. The topological polar surface area (TPSA) is 92.1 Å². The van der Waals surface area contributed by atoms with E-state index in [0.717, 1.165) is 44.5 Å². The zero-order valence-electron chi connectivity index (χ0n) is 17.7. The molecule has 8 nitrogen and oxygen atoms in total. The molecule has 1 N–H and O–H groups in total. The summed E-state index contributed by atoms with van der Waals surface area (Å²) in [5.41, 5.74) is 0.290. The third-order valence-electron chi connectivity index (χ3n) is 6.02. The van der Waals surface area contributed by atoms with Crippen LogP contribution in [0.5, 0.6) is 5.75 Å². The van der Waals surface area contributed by atoms with Crippen LogP contribution in [0.4, 0.5) is 0 Å². The fraction of sp³-hybridized carbons (Fsp3) is 0.500. The van der Waals surface area contributed by atoms with Crippen molar-refractivity contribution >= 4 is 15.9 Å². The third kappa shape index (κ3) is 4.63. The first-order chi connectivity index (χ1) is 15.0. The van der Waals surface area contributed by atoms with Crippen LogP contribution in [0.25, 0.3) is 0 Å². The molecule has 2 aliphatic heterocycles. The van der Waals surface area contributed by atoms with Gasteiger partial charge in [-0.2, -0.15) is 4.31 Å². The molecule has 9 heteroatoms. The molecule has 1 amide bonds. The van der Waals surface area contributed by atoms with Gasteiger partial charge in [-0.1, -0.05) is 0 Å². The lowest BCUT2D eigenvalue weighted by molar-refractivity contribution is 0.0933. The number of hydrogen-bond acceptors (Lipinski definition) is 6. The van der Waals surface area contributed by atoms with E-state index in [2.05, 4.69) is 10.2 Å². The molecule has 2 fully saturated rings. The van der Waals surface area contributed by atoms with Crippen LogP contribution in [0.2, 0.25) is 0 Å². The molecule has 1 atom stereocenters. The van der Waals surface area contributed by atoms with Gasteiger partial charge < -0.3 is 14.5 Å². The van der Waals surface area contributed by atoms with Gasteiger partial charge in [-0.15, -0.1) is 0 Å². The predicted molar refractivity (Wildman–Crippen MR) is 116 cm³/mol. The highest BCUT2D eigenvalue weighted by atomic mass is 32.2. The van der Waals surface area contributed by atoms with E-state index in [4.69, 9.17) is 9.15 Å². The Labute approximate surface area is 183 Å². The largest absolute Gasteiger partial charge is 0.495 e. The van der Waals surface area contributed by atoms with Crippen LogP contribution < -0.4 is 10.1 Å². The first-order valence-electron chi connectivity index (χ1n) is 10.7. The van der Waals surface area contributed by atoms with Crippen LogP contribution >= 0.6 is 0 Å². The molecule has 4 rings (SSSR count). The third-order valence-corrected chi connectivity index (χ3v) is 7.94. The number of likely N-dealkylation sites (tertiary alicyclic amines) is 1. The minimum Gasteiger partial charge on any atom is -0.495 e. The molecule has 0 spiro atoms. The molecule has 1 aromatic heterocycles. The summed E-state index contributed by atoms with van der Waals surface area (Å²) in [4.78, 5) is 15.3. The molecule has 1 unspecified atom stereocenters. The Morgan fingerprint density at radius 3 is 2.48 bits per heavy atom. The van der Waals surface area contributed by atoms with E-state index < -0.39 is 10.0 Å². The van der Waals surface area contributed by atoms with E-state index in [0.29, 0.717) is 19.6 Å². The summed E-state index contributed by atoms with van der Waals surface area (Å²) in [6.45, 7) is 3.28. The van der Waals surface area contributed by atoms with Gasteiger partial charge in [0.2, 0.25) is 10.0 Å².